The van der Waals surface area contributed by atoms with Crippen molar-refractivity contribution in [1.82, 2.24) is 14.8 Å². The van der Waals surface area contributed by atoms with Gasteiger partial charge in [-0.3, -0.25) is 0 Å². The monoisotopic (exact) mass is 403 g/mol. The van der Waals surface area contributed by atoms with Gasteiger partial charge >= 0.3 is 0 Å². The maximum Gasteiger partial charge on any atom is 0.191 e. The zero-order valence-corrected chi connectivity index (χ0v) is 17.0. The Morgan fingerprint density at radius 3 is 2.70 bits per heavy atom. The second-order valence-electron chi connectivity index (χ2n) is 5.92. The topological polar surface area (TPSA) is 49.2 Å². The number of nitrogens with zero attached hydrogens (tertiary/aromatic N) is 3. The molecule has 0 atom stereocenters. The fraction of sp³-hybridized carbons (Fsp3) is 0.300. The lowest BCUT2D eigenvalue weighted by atomic mass is 10.2. The molecule has 0 saturated heterocycles. The van der Waals surface area contributed by atoms with Gasteiger partial charge < -0.3 is 14.0 Å². The molecule has 0 unspecified atom stereocenters. The largest absolute Gasteiger partial charge is 0.497 e. The van der Waals surface area contributed by atoms with Crippen LogP contribution < -0.4 is 4.74 Å². The molecular formula is C20H22ClN3O2S. The van der Waals surface area contributed by atoms with E-state index in [-0.39, 0.29) is 0 Å². The molecule has 2 aromatic carbocycles. The fourth-order valence-electron chi connectivity index (χ4n) is 2.72. The molecule has 3 aromatic rings. The van der Waals surface area contributed by atoms with Gasteiger partial charge in [0.25, 0.3) is 0 Å². The smallest absolute Gasteiger partial charge is 0.191 e. The van der Waals surface area contributed by atoms with Crippen LogP contribution in [-0.2, 0) is 17.0 Å². The van der Waals surface area contributed by atoms with Gasteiger partial charge in [-0.05, 0) is 36.2 Å². The quantitative estimate of drug-likeness (QED) is 0.374. The van der Waals surface area contributed by atoms with E-state index in [1.165, 1.54) is 5.56 Å². The summed E-state index contributed by atoms with van der Waals surface area (Å²) < 4.78 is 12.6. The Kier molecular flexibility index (Phi) is 7.15. The SMILES string of the molecule is COCCCn1c(SCc2cccc(OC)c2)nnc1-c1ccccc1Cl. The zero-order valence-electron chi connectivity index (χ0n) is 15.4. The van der Waals surface area contributed by atoms with E-state index in [0.717, 1.165) is 41.0 Å². The van der Waals surface area contributed by atoms with Crippen molar-refractivity contribution in [2.24, 2.45) is 0 Å². The number of hydrogen-bond donors (Lipinski definition) is 0. The maximum absolute atomic E-state index is 6.38. The predicted molar refractivity (Wildman–Crippen MR) is 110 cm³/mol. The first-order valence-corrected chi connectivity index (χ1v) is 10.0. The highest BCUT2D eigenvalue weighted by atomic mass is 35.5. The maximum atomic E-state index is 6.38. The number of methoxy groups -OCH3 is 2. The van der Waals surface area contributed by atoms with E-state index in [0.29, 0.717) is 11.6 Å². The van der Waals surface area contributed by atoms with Crippen LogP contribution in [-0.4, -0.2) is 35.6 Å². The van der Waals surface area contributed by atoms with Gasteiger partial charge in [0, 0.05) is 31.6 Å². The van der Waals surface area contributed by atoms with Gasteiger partial charge in [0.15, 0.2) is 11.0 Å². The highest BCUT2D eigenvalue weighted by molar-refractivity contribution is 7.98. The number of ether oxygens (including phenoxy) is 2. The predicted octanol–water partition coefficient (Wildman–Crippen LogP) is 4.94. The molecule has 0 fully saturated rings. The molecule has 5 nitrogen and oxygen atoms in total. The molecule has 1 heterocycles. The molecule has 142 valence electrons. The van der Waals surface area contributed by atoms with Crippen LogP contribution in [0.4, 0.5) is 0 Å². The summed E-state index contributed by atoms with van der Waals surface area (Å²) in [5.41, 5.74) is 2.06. The second kappa shape index (κ2) is 9.78. The van der Waals surface area contributed by atoms with E-state index in [2.05, 4.69) is 20.8 Å². The van der Waals surface area contributed by atoms with Gasteiger partial charge in [-0.25, -0.2) is 0 Å². The summed E-state index contributed by atoms with van der Waals surface area (Å²) in [4.78, 5) is 0. The molecule has 7 heteroatoms. The van der Waals surface area contributed by atoms with E-state index < -0.39 is 0 Å². The molecule has 0 aliphatic rings. The van der Waals surface area contributed by atoms with Gasteiger partial charge in [0.2, 0.25) is 0 Å². The first-order chi connectivity index (χ1) is 13.2. The molecular weight excluding hydrogens is 382 g/mol. The fourth-order valence-corrected chi connectivity index (χ4v) is 3.84. The van der Waals surface area contributed by atoms with Crippen molar-refractivity contribution >= 4 is 23.4 Å². The number of hydrogen-bond acceptors (Lipinski definition) is 5. The Morgan fingerprint density at radius 1 is 1.07 bits per heavy atom. The summed E-state index contributed by atoms with van der Waals surface area (Å²) in [6, 6.07) is 15.8. The van der Waals surface area contributed by atoms with Crippen molar-refractivity contribution in [1.29, 1.82) is 0 Å². The summed E-state index contributed by atoms with van der Waals surface area (Å²) in [7, 11) is 3.38. The van der Waals surface area contributed by atoms with Crippen molar-refractivity contribution in [3.63, 3.8) is 0 Å². The first-order valence-electron chi connectivity index (χ1n) is 8.65. The molecule has 3 rings (SSSR count). The molecule has 0 bridgehead atoms. The molecule has 27 heavy (non-hydrogen) atoms. The van der Waals surface area contributed by atoms with Crippen LogP contribution in [0, 0.1) is 0 Å². The third kappa shape index (κ3) is 5.03. The number of thioether (sulfide) groups is 1. The van der Waals surface area contributed by atoms with E-state index >= 15 is 0 Å². The summed E-state index contributed by atoms with van der Waals surface area (Å²) in [6.07, 6.45) is 0.874. The zero-order chi connectivity index (χ0) is 19.1. The van der Waals surface area contributed by atoms with Gasteiger partial charge in [-0.15, -0.1) is 10.2 Å². The number of benzene rings is 2. The number of rotatable bonds is 9. The van der Waals surface area contributed by atoms with Gasteiger partial charge in [0.05, 0.1) is 12.1 Å². The Morgan fingerprint density at radius 2 is 1.93 bits per heavy atom. The van der Waals surface area contributed by atoms with Crippen molar-refractivity contribution < 1.29 is 9.47 Å². The molecule has 0 spiro atoms. The molecule has 0 aliphatic heterocycles. The Balaban J connectivity index is 1.84. The van der Waals surface area contributed by atoms with Gasteiger partial charge in [-0.1, -0.05) is 47.6 Å². The average Bonchev–Trinajstić information content (AvgIpc) is 3.10. The number of aromatic nitrogens is 3. The standard InChI is InChI=1S/C20H22ClN3O2S/c1-25-12-6-11-24-19(17-9-3-4-10-18(17)21)22-23-20(24)27-14-15-7-5-8-16(13-15)26-2/h3-5,7-10,13H,6,11-12,14H2,1-2H3. The summed E-state index contributed by atoms with van der Waals surface area (Å²) in [5, 5.41) is 10.4. The first kappa shape index (κ1) is 19.7. The van der Waals surface area contributed by atoms with Crippen LogP contribution >= 0.6 is 23.4 Å². The van der Waals surface area contributed by atoms with Gasteiger partial charge in [-0.2, -0.15) is 0 Å². The lowest BCUT2D eigenvalue weighted by Gasteiger charge is -2.11. The lowest BCUT2D eigenvalue weighted by molar-refractivity contribution is 0.189. The van der Waals surface area contributed by atoms with Crippen molar-refractivity contribution in [3.8, 4) is 17.1 Å². The minimum atomic E-state index is 0.669. The van der Waals surface area contributed by atoms with Crippen LogP contribution in [0.3, 0.4) is 0 Å². The minimum absolute atomic E-state index is 0.669. The van der Waals surface area contributed by atoms with Crippen LogP contribution in [0.5, 0.6) is 5.75 Å². The van der Waals surface area contributed by atoms with Crippen LogP contribution in [0.25, 0.3) is 11.4 Å². The molecule has 0 saturated carbocycles. The van der Waals surface area contributed by atoms with Crippen molar-refractivity contribution in [3.05, 3.63) is 59.1 Å². The third-order valence-electron chi connectivity index (χ3n) is 4.06. The minimum Gasteiger partial charge on any atom is -0.497 e. The van der Waals surface area contributed by atoms with Crippen LogP contribution in [0.15, 0.2) is 53.7 Å². The summed E-state index contributed by atoms with van der Waals surface area (Å²) in [5.74, 6) is 2.42. The highest BCUT2D eigenvalue weighted by Gasteiger charge is 2.16. The summed E-state index contributed by atoms with van der Waals surface area (Å²) in [6.45, 7) is 1.45. The molecule has 0 aliphatic carbocycles. The van der Waals surface area contributed by atoms with E-state index in [9.17, 15) is 0 Å². The van der Waals surface area contributed by atoms with Crippen molar-refractivity contribution in [2.45, 2.75) is 23.9 Å². The van der Waals surface area contributed by atoms with Crippen LogP contribution in [0.2, 0.25) is 5.02 Å². The molecule has 0 N–H and O–H groups in total. The Hall–Kier alpha value is -2.02. The molecule has 0 amide bonds. The normalized spacial score (nSPS) is 10.9. The number of halogens is 1. The van der Waals surface area contributed by atoms with E-state index in [4.69, 9.17) is 21.1 Å². The Labute approximate surface area is 168 Å². The van der Waals surface area contributed by atoms with Crippen molar-refractivity contribution in [2.75, 3.05) is 20.8 Å². The van der Waals surface area contributed by atoms with E-state index in [1.54, 1.807) is 26.0 Å². The third-order valence-corrected chi connectivity index (χ3v) is 5.43. The van der Waals surface area contributed by atoms with Crippen LogP contribution in [0.1, 0.15) is 12.0 Å². The average molecular weight is 404 g/mol. The summed E-state index contributed by atoms with van der Waals surface area (Å²) >= 11 is 8.03. The lowest BCUT2D eigenvalue weighted by Crippen LogP contribution is -2.05. The van der Waals surface area contributed by atoms with E-state index in [1.807, 2.05) is 42.5 Å². The second-order valence-corrected chi connectivity index (χ2v) is 7.27. The Bertz CT molecular complexity index is 885. The molecule has 0 radical (unpaired) electrons. The highest BCUT2D eigenvalue weighted by Crippen LogP contribution is 2.31. The molecule has 1 aromatic heterocycles. The van der Waals surface area contributed by atoms with Gasteiger partial charge in [0.1, 0.15) is 5.75 Å².